The molecule has 2 aliphatic rings. The predicted molar refractivity (Wildman–Crippen MR) is 145 cm³/mol. The van der Waals surface area contributed by atoms with E-state index in [2.05, 4.69) is 14.8 Å². The zero-order valence-electron chi connectivity index (χ0n) is 22.2. The molecule has 3 N–H and O–H groups in total. The Labute approximate surface area is 231 Å². The first-order valence-corrected chi connectivity index (χ1v) is 13.8. The molecule has 0 spiro atoms. The number of carbonyl (C=O) groups is 1. The number of methoxy groups -OCH3 is 2. The lowest BCUT2D eigenvalue weighted by Crippen LogP contribution is -2.34. The van der Waals surface area contributed by atoms with Crippen molar-refractivity contribution in [3.05, 3.63) is 100 Å². The van der Waals surface area contributed by atoms with Crippen molar-refractivity contribution in [2.45, 2.75) is 32.1 Å². The number of aromatic nitrogens is 1. The lowest BCUT2D eigenvalue weighted by Gasteiger charge is -2.29. The maximum atomic E-state index is 14.3. The van der Waals surface area contributed by atoms with E-state index in [1.807, 2.05) is 19.1 Å². The summed E-state index contributed by atoms with van der Waals surface area (Å²) < 4.78 is 46.2. The molecule has 2 aliphatic carbocycles. The highest BCUT2D eigenvalue weighted by Gasteiger charge is 2.31. The van der Waals surface area contributed by atoms with Crippen LogP contribution in [-0.4, -0.2) is 53.9 Å². The number of nitrogens with zero attached hydrogens (tertiary/aromatic N) is 1. The van der Waals surface area contributed by atoms with E-state index in [1.54, 1.807) is 36.7 Å². The molecule has 2 unspecified atom stereocenters. The Hall–Kier alpha value is -3.44. The second-order valence-corrected chi connectivity index (χ2v) is 10.3. The Bertz CT molecular complexity index is 1430. The molecule has 10 nitrogen and oxygen atoms in total. The van der Waals surface area contributed by atoms with Crippen LogP contribution in [0.4, 0.5) is 4.39 Å². The van der Waals surface area contributed by atoms with Gasteiger partial charge in [0, 0.05) is 26.0 Å². The number of pyridine rings is 1. The average Bonchev–Trinajstić information content (AvgIpc) is 3.17. The van der Waals surface area contributed by atoms with Crippen LogP contribution in [0.15, 0.2) is 77.9 Å². The van der Waals surface area contributed by atoms with E-state index in [0.29, 0.717) is 23.4 Å². The highest BCUT2D eigenvalue weighted by Crippen LogP contribution is 2.44. The minimum Gasteiger partial charge on any atom is -0.498 e. The fourth-order valence-electron chi connectivity index (χ4n) is 4.61. The molecule has 0 saturated carbocycles. The third-order valence-corrected chi connectivity index (χ3v) is 6.98. The Kier molecular flexibility index (Phi) is 9.47. The van der Waals surface area contributed by atoms with Gasteiger partial charge in [0.05, 0.1) is 13.5 Å². The van der Waals surface area contributed by atoms with Crippen LogP contribution in [0.3, 0.4) is 0 Å². The second-order valence-electron chi connectivity index (χ2n) is 9.11. The summed E-state index contributed by atoms with van der Waals surface area (Å²) in [4.78, 5) is 34.8. The van der Waals surface area contributed by atoms with Crippen molar-refractivity contribution < 1.29 is 42.3 Å². The molecule has 0 radical (unpaired) electrons. The van der Waals surface area contributed by atoms with Crippen molar-refractivity contribution in [3.63, 3.8) is 0 Å². The van der Waals surface area contributed by atoms with Gasteiger partial charge in [-0.25, -0.2) is 8.96 Å². The highest BCUT2D eigenvalue weighted by atomic mass is 31.2. The van der Waals surface area contributed by atoms with E-state index >= 15 is 0 Å². The largest absolute Gasteiger partial charge is 0.498 e. The van der Waals surface area contributed by atoms with Crippen molar-refractivity contribution in [3.8, 4) is 0 Å². The molecule has 0 bridgehead atoms. The molecular weight excluding hydrogens is 542 g/mol. The third kappa shape index (κ3) is 7.19. The number of fused-ring (bicyclic) bond motifs is 1. The quantitative estimate of drug-likeness (QED) is 0.269. The third-order valence-electron chi connectivity index (χ3n) is 6.54. The van der Waals surface area contributed by atoms with Crippen LogP contribution in [0.2, 0.25) is 0 Å². The molecule has 1 heterocycles. The SMILES string of the molecule is COC1=CC(/C=C2/C(C)=C(CC(=O)NCc3cccnc3)c3cc(F)ccc32)=CC(OC)C1OCOP(=O)(O)O. The van der Waals surface area contributed by atoms with Crippen molar-refractivity contribution in [1.29, 1.82) is 0 Å². The second kappa shape index (κ2) is 12.8. The summed E-state index contributed by atoms with van der Waals surface area (Å²) in [6.45, 7) is 1.54. The Balaban J connectivity index is 1.60. The van der Waals surface area contributed by atoms with Gasteiger partial charge in [-0.1, -0.05) is 12.1 Å². The number of carbonyl (C=O) groups excluding carboxylic acids is 1. The van der Waals surface area contributed by atoms with Gasteiger partial charge in [-0.05, 0) is 82.3 Å². The van der Waals surface area contributed by atoms with Gasteiger partial charge in [-0.15, -0.1) is 0 Å². The number of phosphoric ester groups is 1. The van der Waals surface area contributed by atoms with Crippen molar-refractivity contribution >= 4 is 24.9 Å². The van der Waals surface area contributed by atoms with Crippen molar-refractivity contribution in [1.82, 2.24) is 10.3 Å². The highest BCUT2D eigenvalue weighted by molar-refractivity contribution is 7.46. The van der Waals surface area contributed by atoms with Gasteiger partial charge in [0.2, 0.25) is 5.91 Å². The van der Waals surface area contributed by atoms with E-state index in [0.717, 1.165) is 27.8 Å². The van der Waals surface area contributed by atoms with Crippen molar-refractivity contribution in [2.75, 3.05) is 21.0 Å². The summed E-state index contributed by atoms with van der Waals surface area (Å²) in [6, 6.07) is 8.15. The van der Waals surface area contributed by atoms with Gasteiger partial charge in [-0.2, -0.15) is 0 Å². The molecule has 0 aliphatic heterocycles. The zero-order valence-corrected chi connectivity index (χ0v) is 23.1. The van der Waals surface area contributed by atoms with Crippen LogP contribution in [0.1, 0.15) is 30.0 Å². The monoisotopic (exact) mass is 572 g/mol. The van der Waals surface area contributed by atoms with Crippen molar-refractivity contribution in [2.24, 2.45) is 0 Å². The van der Waals surface area contributed by atoms with E-state index in [9.17, 15) is 13.8 Å². The minimum absolute atomic E-state index is 0.0638. The molecular formula is C28H30FN2O8P. The molecule has 40 heavy (non-hydrogen) atoms. The van der Waals surface area contributed by atoms with Crippen LogP contribution in [0.5, 0.6) is 0 Å². The number of hydrogen-bond acceptors (Lipinski definition) is 7. The average molecular weight is 573 g/mol. The van der Waals surface area contributed by atoms with Crippen LogP contribution in [-0.2, 0) is 34.6 Å². The number of halogens is 1. The topological polar surface area (TPSA) is 136 Å². The number of hydrogen-bond donors (Lipinski definition) is 3. The summed E-state index contributed by atoms with van der Waals surface area (Å²) in [7, 11) is -1.81. The number of ether oxygens (including phenoxy) is 3. The van der Waals surface area contributed by atoms with E-state index in [4.69, 9.17) is 24.0 Å². The predicted octanol–water partition coefficient (Wildman–Crippen LogP) is 4.04. The molecule has 0 fully saturated rings. The summed E-state index contributed by atoms with van der Waals surface area (Å²) in [6.07, 6.45) is 7.29. The first-order valence-electron chi connectivity index (χ1n) is 12.3. The van der Waals surface area contributed by atoms with Crippen LogP contribution < -0.4 is 5.32 Å². The van der Waals surface area contributed by atoms with Gasteiger partial charge in [0.25, 0.3) is 0 Å². The molecule has 2 atom stereocenters. The van der Waals surface area contributed by atoms with Crippen LogP contribution >= 0.6 is 7.82 Å². The molecule has 1 amide bonds. The number of amides is 1. The Morgan fingerprint density at radius 1 is 1.23 bits per heavy atom. The van der Waals surface area contributed by atoms with E-state index < -0.39 is 32.6 Å². The molecule has 212 valence electrons. The van der Waals surface area contributed by atoms with Gasteiger partial charge in [-0.3, -0.25) is 14.3 Å². The first-order chi connectivity index (χ1) is 19.1. The lowest BCUT2D eigenvalue weighted by molar-refractivity contribution is -0.120. The zero-order chi connectivity index (χ0) is 28.9. The van der Waals surface area contributed by atoms with E-state index in [1.165, 1.54) is 26.4 Å². The van der Waals surface area contributed by atoms with Gasteiger partial charge >= 0.3 is 7.82 Å². The Morgan fingerprint density at radius 3 is 2.70 bits per heavy atom. The first kappa shape index (κ1) is 29.5. The van der Waals surface area contributed by atoms with E-state index in [-0.39, 0.29) is 12.3 Å². The lowest BCUT2D eigenvalue weighted by atomic mass is 9.95. The van der Waals surface area contributed by atoms with Gasteiger partial charge in [0.1, 0.15) is 23.8 Å². The fraction of sp³-hybridized carbons (Fsp3) is 0.286. The molecule has 1 aromatic carbocycles. The standard InChI is InChI=1S/C28H30FN2O8P/c1-17-22(9-19-10-25(36-2)28(26(11-19)37-3)38-16-39-40(33,34)35)21-7-6-20(29)12-24(21)23(17)13-27(32)31-15-18-5-4-8-30-14-18/h4-12,14,25,28H,13,15-16H2,1-3H3,(H,31,32)(H2,33,34,35)/b22-9-. The number of rotatable bonds is 11. The summed E-state index contributed by atoms with van der Waals surface area (Å²) in [5.74, 6) is -0.258. The summed E-state index contributed by atoms with van der Waals surface area (Å²) in [5.41, 5.74) is 5.35. The molecule has 12 heteroatoms. The number of nitrogens with one attached hydrogen (secondary N) is 1. The van der Waals surface area contributed by atoms with Crippen LogP contribution in [0.25, 0.3) is 11.1 Å². The van der Waals surface area contributed by atoms with Gasteiger partial charge < -0.3 is 29.3 Å². The smallest absolute Gasteiger partial charge is 0.471 e. The summed E-state index contributed by atoms with van der Waals surface area (Å²) in [5, 5.41) is 2.89. The maximum absolute atomic E-state index is 14.3. The number of benzene rings is 1. The minimum atomic E-state index is -4.71. The molecule has 0 saturated heterocycles. The maximum Gasteiger partial charge on any atom is 0.471 e. The number of phosphoric acid groups is 1. The van der Waals surface area contributed by atoms with Crippen LogP contribution in [0, 0.1) is 5.82 Å². The molecule has 2 aromatic rings. The Morgan fingerprint density at radius 2 is 2.02 bits per heavy atom. The summed E-state index contributed by atoms with van der Waals surface area (Å²) >= 11 is 0. The molecule has 1 aromatic heterocycles. The normalized spacial score (nSPS) is 19.8. The number of allylic oxidation sites excluding steroid dienone is 5. The molecule has 4 rings (SSSR count). The fourth-order valence-corrected chi connectivity index (χ4v) is 4.81. The van der Waals surface area contributed by atoms with Gasteiger partial charge in [0.15, 0.2) is 6.79 Å².